The van der Waals surface area contributed by atoms with Crippen LogP contribution in [0.15, 0.2) is 91.0 Å². The van der Waals surface area contributed by atoms with Crippen LogP contribution in [0.1, 0.15) is 88.8 Å². The second-order valence-corrected chi connectivity index (χ2v) is 14.2. The van der Waals surface area contributed by atoms with Crippen LogP contribution in [-0.4, -0.2) is 58.6 Å². The molecule has 0 unspecified atom stereocenters. The fourth-order valence-electron chi connectivity index (χ4n) is 5.70. The molecule has 7 nitrogen and oxygen atoms in total. The number of esters is 1. The zero-order chi connectivity index (χ0) is 34.3. The lowest BCUT2D eigenvalue weighted by Crippen LogP contribution is -2.36. The fourth-order valence-corrected chi connectivity index (χ4v) is 7.27. The molecule has 3 aromatic carbocycles. The third-order valence-corrected chi connectivity index (χ3v) is 9.51. The Morgan fingerprint density at radius 2 is 1.23 bits per heavy atom. The molecular formula is C39H49NO6S. The lowest BCUT2D eigenvalue weighted by molar-refractivity contribution is -0.155. The molecule has 1 amide bonds. The molecule has 8 heteroatoms. The van der Waals surface area contributed by atoms with Crippen LogP contribution in [0.5, 0.6) is 0 Å². The van der Waals surface area contributed by atoms with Crippen LogP contribution in [0.3, 0.4) is 0 Å². The van der Waals surface area contributed by atoms with Crippen LogP contribution < -0.4 is 0 Å². The molecule has 0 aromatic heterocycles. The standard InChI is InChI=1S/C39H49NO6S/c1-38(2,3)46-36(44)25-17-26-40(4)37(45)30(29-35(42)43)28-34(41)24-15-8-16-27-47-39(31-18-9-5-10-19-31,32-20-11-6-12-21-32)33-22-13-7-14-23-33/h5-7,9-14,18-23,30H,8,15-17,24-29H2,1-4H3,(H,42,43)/t30-/m0/s1. The van der Waals surface area contributed by atoms with Gasteiger partial charge < -0.3 is 14.7 Å². The Balaban J connectivity index is 1.54. The minimum atomic E-state index is -1.12. The number of aliphatic carboxylic acids is 1. The van der Waals surface area contributed by atoms with Gasteiger partial charge in [0, 0.05) is 32.9 Å². The van der Waals surface area contributed by atoms with Gasteiger partial charge in [0.05, 0.1) is 17.1 Å². The van der Waals surface area contributed by atoms with Gasteiger partial charge in [0.1, 0.15) is 11.4 Å². The van der Waals surface area contributed by atoms with Gasteiger partial charge in [-0.15, -0.1) is 11.8 Å². The summed E-state index contributed by atoms with van der Waals surface area (Å²) in [6, 6.07) is 31.6. The van der Waals surface area contributed by atoms with Crippen molar-refractivity contribution < 1.29 is 29.0 Å². The average Bonchev–Trinajstić information content (AvgIpc) is 3.04. The zero-order valence-corrected chi connectivity index (χ0v) is 29.0. The molecule has 0 fully saturated rings. The number of carboxylic acids is 1. The maximum Gasteiger partial charge on any atom is 0.306 e. The van der Waals surface area contributed by atoms with Crippen LogP contribution >= 0.6 is 11.8 Å². The highest BCUT2D eigenvalue weighted by molar-refractivity contribution is 8.00. The van der Waals surface area contributed by atoms with Crippen molar-refractivity contribution in [2.75, 3.05) is 19.3 Å². The molecule has 0 spiro atoms. The van der Waals surface area contributed by atoms with E-state index in [2.05, 4.69) is 72.8 Å². The Kier molecular flexibility index (Phi) is 14.7. The second kappa shape index (κ2) is 18.4. The third kappa shape index (κ3) is 12.0. The SMILES string of the molecule is CN(CCCC(=O)OC(C)(C)C)C(=O)[C@H](CC(=O)O)CC(=O)CCCCCSC(c1ccccc1)(c1ccccc1)c1ccccc1. The summed E-state index contributed by atoms with van der Waals surface area (Å²) in [6.45, 7) is 5.65. The number of carbonyl (C=O) groups is 4. The lowest BCUT2D eigenvalue weighted by Gasteiger charge is -2.35. The first-order valence-electron chi connectivity index (χ1n) is 16.4. The largest absolute Gasteiger partial charge is 0.481 e. The van der Waals surface area contributed by atoms with Crippen molar-refractivity contribution in [3.63, 3.8) is 0 Å². The number of hydrogen-bond donors (Lipinski definition) is 1. The zero-order valence-electron chi connectivity index (χ0n) is 28.2. The minimum Gasteiger partial charge on any atom is -0.481 e. The molecule has 0 saturated carbocycles. The number of amides is 1. The summed E-state index contributed by atoms with van der Waals surface area (Å²) in [5.74, 6) is -2.01. The first-order valence-corrected chi connectivity index (χ1v) is 17.4. The van der Waals surface area contributed by atoms with Gasteiger partial charge in [-0.2, -0.15) is 0 Å². The van der Waals surface area contributed by atoms with Gasteiger partial charge in [-0.1, -0.05) is 97.4 Å². The number of thioether (sulfide) groups is 1. The van der Waals surface area contributed by atoms with E-state index in [-0.39, 0.29) is 41.8 Å². The summed E-state index contributed by atoms with van der Waals surface area (Å²) in [7, 11) is 1.58. The Hall–Kier alpha value is -3.91. The van der Waals surface area contributed by atoms with Crippen molar-refractivity contribution >= 4 is 35.4 Å². The van der Waals surface area contributed by atoms with Gasteiger partial charge in [0.2, 0.25) is 5.91 Å². The van der Waals surface area contributed by atoms with Crippen LogP contribution in [-0.2, 0) is 28.7 Å². The molecule has 1 N–H and O–H groups in total. The molecule has 0 aliphatic heterocycles. The molecule has 252 valence electrons. The highest BCUT2D eigenvalue weighted by atomic mass is 32.2. The van der Waals surface area contributed by atoms with Gasteiger partial charge in [0.25, 0.3) is 0 Å². The van der Waals surface area contributed by atoms with E-state index >= 15 is 0 Å². The highest BCUT2D eigenvalue weighted by Crippen LogP contribution is 2.48. The van der Waals surface area contributed by atoms with E-state index in [0.29, 0.717) is 19.3 Å². The number of ether oxygens (including phenoxy) is 1. The Morgan fingerprint density at radius 3 is 1.70 bits per heavy atom. The molecule has 3 aromatic rings. The van der Waals surface area contributed by atoms with E-state index in [1.807, 2.05) is 30.0 Å². The van der Waals surface area contributed by atoms with E-state index in [0.717, 1.165) is 18.6 Å². The molecule has 1 atom stereocenters. The van der Waals surface area contributed by atoms with E-state index in [4.69, 9.17) is 4.74 Å². The lowest BCUT2D eigenvalue weighted by atomic mass is 9.84. The van der Waals surface area contributed by atoms with Gasteiger partial charge in [0.15, 0.2) is 0 Å². The van der Waals surface area contributed by atoms with Crippen molar-refractivity contribution in [3.8, 4) is 0 Å². The van der Waals surface area contributed by atoms with E-state index in [1.165, 1.54) is 21.6 Å². The quantitative estimate of drug-likeness (QED) is 0.0793. The van der Waals surface area contributed by atoms with Gasteiger partial charge in [-0.3, -0.25) is 19.2 Å². The van der Waals surface area contributed by atoms with Crippen molar-refractivity contribution in [2.24, 2.45) is 5.92 Å². The first-order chi connectivity index (χ1) is 22.4. The number of hydrogen-bond acceptors (Lipinski definition) is 6. The molecule has 0 heterocycles. The number of carboxylic acid groups (broad SMARTS) is 1. The number of benzene rings is 3. The summed E-state index contributed by atoms with van der Waals surface area (Å²) in [5.41, 5.74) is 3.05. The highest BCUT2D eigenvalue weighted by Gasteiger charge is 2.36. The Labute approximate surface area is 284 Å². The van der Waals surface area contributed by atoms with Crippen LogP contribution in [0.25, 0.3) is 0 Å². The molecule has 0 saturated heterocycles. The summed E-state index contributed by atoms with van der Waals surface area (Å²) >= 11 is 1.89. The summed E-state index contributed by atoms with van der Waals surface area (Å²) in [4.78, 5) is 50.9. The van der Waals surface area contributed by atoms with Crippen molar-refractivity contribution in [1.29, 1.82) is 0 Å². The molecule has 47 heavy (non-hydrogen) atoms. The monoisotopic (exact) mass is 659 g/mol. The maximum atomic E-state index is 13.1. The van der Waals surface area contributed by atoms with Crippen molar-refractivity contribution in [3.05, 3.63) is 108 Å². The summed E-state index contributed by atoms with van der Waals surface area (Å²) in [6.07, 6.45) is 2.76. The van der Waals surface area contributed by atoms with Crippen LogP contribution in [0.2, 0.25) is 0 Å². The van der Waals surface area contributed by atoms with Crippen molar-refractivity contribution in [2.45, 2.75) is 82.5 Å². The number of Topliss-reactive ketones (excluding diaryl/α,β-unsaturated/α-hetero) is 1. The molecule has 0 aliphatic rings. The molecule has 0 aliphatic carbocycles. The van der Waals surface area contributed by atoms with Gasteiger partial charge >= 0.3 is 11.9 Å². The average molecular weight is 660 g/mol. The number of nitrogens with zero attached hydrogens (tertiary/aromatic N) is 1. The van der Waals surface area contributed by atoms with Gasteiger partial charge in [-0.25, -0.2) is 0 Å². The van der Waals surface area contributed by atoms with Crippen LogP contribution in [0.4, 0.5) is 0 Å². The Bertz CT molecular complexity index is 1330. The molecule has 0 bridgehead atoms. The second-order valence-electron chi connectivity index (χ2n) is 12.9. The number of ketones is 1. The molecule has 3 rings (SSSR count). The fraction of sp³-hybridized carbons (Fsp3) is 0.436. The number of carbonyl (C=O) groups excluding carboxylic acids is 3. The molecule has 0 radical (unpaired) electrons. The smallest absolute Gasteiger partial charge is 0.306 e. The van der Waals surface area contributed by atoms with Crippen molar-refractivity contribution in [1.82, 2.24) is 4.90 Å². The minimum absolute atomic E-state index is 0.102. The normalized spacial score (nSPS) is 12.3. The number of rotatable bonds is 19. The predicted octanol–water partition coefficient (Wildman–Crippen LogP) is 7.90. The summed E-state index contributed by atoms with van der Waals surface area (Å²) in [5, 5.41) is 9.42. The van der Waals surface area contributed by atoms with E-state index in [9.17, 15) is 24.3 Å². The van der Waals surface area contributed by atoms with Gasteiger partial charge in [-0.05, 0) is 62.5 Å². The summed E-state index contributed by atoms with van der Waals surface area (Å²) < 4.78 is 4.92. The molecular weight excluding hydrogens is 610 g/mol. The first kappa shape index (κ1) is 37.5. The predicted molar refractivity (Wildman–Crippen MR) is 188 cm³/mol. The third-order valence-electron chi connectivity index (χ3n) is 7.87. The number of unbranched alkanes of at least 4 members (excludes halogenated alkanes) is 2. The Morgan fingerprint density at radius 1 is 0.723 bits per heavy atom. The van der Waals surface area contributed by atoms with E-state index in [1.54, 1.807) is 27.8 Å². The maximum absolute atomic E-state index is 13.1. The van der Waals surface area contributed by atoms with Crippen LogP contribution in [0, 0.1) is 5.92 Å². The van der Waals surface area contributed by atoms with E-state index < -0.39 is 23.9 Å². The topological polar surface area (TPSA) is 101 Å².